The zero-order chi connectivity index (χ0) is 18.0. The van der Waals surface area contributed by atoms with Gasteiger partial charge in [0.15, 0.2) is 0 Å². The van der Waals surface area contributed by atoms with Crippen molar-refractivity contribution >= 4 is 23.2 Å². The number of hydrogen-bond acceptors (Lipinski definition) is 3. The van der Waals surface area contributed by atoms with E-state index in [2.05, 4.69) is 5.32 Å². The minimum Gasteiger partial charge on any atom is -0.374 e. The largest absolute Gasteiger partial charge is 0.374 e. The average molecular weight is 341 g/mol. The SMILES string of the molecule is CN(C)C(=O)c1cc(NC2CCN(c3ccccc3)C2=O)ccc1F. The molecule has 0 radical (unpaired) electrons. The van der Waals surface area contributed by atoms with Gasteiger partial charge in [0, 0.05) is 32.0 Å². The number of halogens is 1. The third-order valence-electron chi connectivity index (χ3n) is 4.22. The van der Waals surface area contributed by atoms with Crippen molar-refractivity contribution < 1.29 is 14.0 Å². The first-order chi connectivity index (χ1) is 12.0. The fourth-order valence-electron chi connectivity index (χ4n) is 2.90. The molecule has 1 fully saturated rings. The van der Waals surface area contributed by atoms with E-state index in [1.54, 1.807) is 25.1 Å². The van der Waals surface area contributed by atoms with Crippen LogP contribution in [0.4, 0.5) is 15.8 Å². The van der Waals surface area contributed by atoms with Crippen molar-refractivity contribution in [2.24, 2.45) is 0 Å². The van der Waals surface area contributed by atoms with E-state index in [1.165, 1.54) is 17.0 Å². The van der Waals surface area contributed by atoms with Gasteiger partial charge in [-0.2, -0.15) is 0 Å². The van der Waals surface area contributed by atoms with Crippen LogP contribution in [0.2, 0.25) is 0 Å². The van der Waals surface area contributed by atoms with Crippen LogP contribution in [0.1, 0.15) is 16.8 Å². The van der Waals surface area contributed by atoms with Gasteiger partial charge < -0.3 is 15.1 Å². The molecule has 0 aliphatic carbocycles. The minimum atomic E-state index is -0.576. The molecule has 3 rings (SSSR count). The molecule has 0 aromatic heterocycles. The molecular weight excluding hydrogens is 321 g/mol. The Morgan fingerprint density at radius 2 is 1.92 bits per heavy atom. The number of benzene rings is 2. The lowest BCUT2D eigenvalue weighted by Crippen LogP contribution is -2.33. The van der Waals surface area contributed by atoms with Crippen LogP contribution in [0, 0.1) is 5.82 Å². The highest BCUT2D eigenvalue weighted by Gasteiger charge is 2.32. The van der Waals surface area contributed by atoms with Crippen LogP contribution >= 0.6 is 0 Å². The minimum absolute atomic E-state index is 0.0136. The Labute approximate surface area is 146 Å². The maximum atomic E-state index is 13.9. The number of carbonyl (C=O) groups excluding carboxylic acids is 2. The Morgan fingerprint density at radius 1 is 1.20 bits per heavy atom. The quantitative estimate of drug-likeness (QED) is 0.930. The smallest absolute Gasteiger partial charge is 0.256 e. The number of nitrogens with zero attached hydrogens (tertiary/aromatic N) is 2. The molecule has 5 nitrogen and oxygen atoms in total. The van der Waals surface area contributed by atoms with Gasteiger partial charge in [0.25, 0.3) is 5.91 Å². The molecule has 130 valence electrons. The molecule has 1 N–H and O–H groups in total. The highest BCUT2D eigenvalue weighted by atomic mass is 19.1. The van der Waals surface area contributed by atoms with E-state index >= 15 is 0 Å². The maximum absolute atomic E-state index is 13.9. The monoisotopic (exact) mass is 341 g/mol. The highest BCUT2D eigenvalue weighted by Crippen LogP contribution is 2.24. The van der Waals surface area contributed by atoms with Crippen LogP contribution in [0.25, 0.3) is 0 Å². The zero-order valence-electron chi connectivity index (χ0n) is 14.2. The molecule has 0 spiro atoms. The topological polar surface area (TPSA) is 52.7 Å². The van der Waals surface area contributed by atoms with Gasteiger partial charge in [-0.15, -0.1) is 0 Å². The Morgan fingerprint density at radius 3 is 2.60 bits per heavy atom. The summed E-state index contributed by atoms with van der Waals surface area (Å²) in [5.41, 5.74) is 1.40. The first-order valence-corrected chi connectivity index (χ1v) is 8.11. The standard InChI is InChI=1S/C19H20FN3O2/c1-22(2)18(24)15-12-13(8-9-16(15)20)21-17-10-11-23(19(17)25)14-6-4-3-5-7-14/h3-9,12,17,21H,10-11H2,1-2H3. The molecule has 2 amide bonds. The van der Waals surface area contributed by atoms with Gasteiger partial charge in [0.05, 0.1) is 5.56 Å². The molecule has 25 heavy (non-hydrogen) atoms. The average Bonchev–Trinajstić information content (AvgIpc) is 2.97. The number of rotatable bonds is 4. The van der Waals surface area contributed by atoms with Gasteiger partial charge in [-0.3, -0.25) is 9.59 Å². The molecule has 1 saturated heterocycles. The van der Waals surface area contributed by atoms with Gasteiger partial charge in [-0.1, -0.05) is 18.2 Å². The van der Waals surface area contributed by atoms with Gasteiger partial charge in [-0.05, 0) is 36.8 Å². The number of hydrogen-bond donors (Lipinski definition) is 1. The summed E-state index contributed by atoms with van der Waals surface area (Å²) in [5.74, 6) is -1.02. The molecule has 1 aliphatic rings. The number of anilines is 2. The number of carbonyl (C=O) groups is 2. The summed E-state index contributed by atoms with van der Waals surface area (Å²) in [6.07, 6.45) is 0.641. The van der Waals surface area contributed by atoms with Crippen LogP contribution < -0.4 is 10.2 Å². The zero-order valence-corrected chi connectivity index (χ0v) is 14.2. The van der Waals surface area contributed by atoms with E-state index < -0.39 is 17.8 Å². The third kappa shape index (κ3) is 3.47. The van der Waals surface area contributed by atoms with Crippen LogP contribution in [0.15, 0.2) is 48.5 Å². The van der Waals surface area contributed by atoms with Crippen LogP contribution in [0.3, 0.4) is 0 Å². The molecule has 1 unspecified atom stereocenters. The Balaban J connectivity index is 1.76. The Bertz CT molecular complexity index is 793. The molecule has 1 heterocycles. The lowest BCUT2D eigenvalue weighted by Gasteiger charge is -2.18. The van der Waals surface area contributed by atoms with Gasteiger partial charge in [0.2, 0.25) is 5.91 Å². The molecule has 6 heteroatoms. The van der Waals surface area contributed by atoms with Gasteiger partial charge in [-0.25, -0.2) is 4.39 Å². The fraction of sp³-hybridized carbons (Fsp3) is 0.263. The molecule has 1 aliphatic heterocycles. The lowest BCUT2D eigenvalue weighted by molar-refractivity contribution is -0.117. The van der Waals surface area contributed by atoms with E-state index in [0.717, 1.165) is 5.69 Å². The van der Waals surface area contributed by atoms with E-state index in [4.69, 9.17) is 0 Å². The fourth-order valence-corrected chi connectivity index (χ4v) is 2.90. The van der Waals surface area contributed by atoms with Gasteiger partial charge in [0.1, 0.15) is 11.9 Å². The second-order valence-corrected chi connectivity index (χ2v) is 6.21. The van der Waals surface area contributed by atoms with Gasteiger partial charge >= 0.3 is 0 Å². The summed E-state index contributed by atoms with van der Waals surface area (Å²) in [7, 11) is 3.14. The normalized spacial score (nSPS) is 16.8. The van der Waals surface area contributed by atoms with Crippen molar-refractivity contribution in [2.45, 2.75) is 12.5 Å². The van der Waals surface area contributed by atoms with E-state index in [1.807, 2.05) is 30.3 Å². The van der Waals surface area contributed by atoms with Crippen LogP contribution in [-0.4, -0.2) is 43.4 Å². The Hall–Kier alpha value is -2.89. The summed E-state index contributed by atoms with van der Waals surface area (Å²) in [4.78, 5) is 27.7. The van der Waals surface area contributed by atoms with Crippen molar-refractivity contribution in [3.63, 3.8) is 0 Å². The number of nitrogens with one attached hydrogen (secondary N) is 1. The number of para-hydroxylation sites is 1. The summed E-state index contributed by atoms with van der Waals surface area (Å²) >= 11 is 0. The van der Waals surface area contributed by atoms with Crippen molar-refractivity contribution in [1.29, 1.82) is 0 Å². The van der Waals surface area contributed by atoms with Crippen molar-refractivity contribution in [1.82, 2.24) is 4.90 Å². The molecule has 1 atom stereocenters. The number of amides is 2. The first kappa shape index (κ1) is 17.0. The molecule has 2 aromatic carbocycles. The summed E-state index contributed by atoms with van der Waals surface area (Å²) in [5, 5.41) is 3.12. The maximum Gasteiger partial charge on any atom is 0.256 e. The lowest BCUT2D eigenvalue weighted by atomic mass is 10.1. The molecule has 2 aromatic rings. The molecule has 0 bridgehead atoms. The molecular formula is C19H20FN3O2. The van der Waals surface area contributed by atoms with Crippen LogP contribution in [-0.2, 0) is 4.79 Å². The van der Waals surface area contributed by atoms with Crippen molar-refractivity contribution in [3.8, 4) is 0 Å². The predicted octanol–water partition coefficient (Wildman–Crippen LogP) is 2.74. The summed E-state index contributed by atoms with van der Waals surface area (Å²) in [6.45, 7) is 0.616. The second-order valence-electron chi connectivity index (χ2n) is 6.21. The molecule has 0 saturated carbocycles. The van der Waals surface area contributed by atoms with Crippen LogP contribution in [0.5, 0.6) is 0 Å². The Kier molecular flexibility index (Phi) is 4.70. The van der Waals surface area contributed by atoms with Crippen molar-refractivity contribution in [3.05, 3.63) is 59.9 Å². The van der Waals surface area contributed by atoms with Crippen molar-refractivity contribution in [2.75, 3.05) is 30.9 Å². The van der Waals surface area contributed by atoms with E-state index in [-0.39, 0.29) is 11.5 Å². The summed E-state index contributed by atoms with van der Waals surface area (Å²) < 4.78 is 13.9. The van der Waals surface area contributed by atoms with E-state index in [0.29, 0.717) is 18.7 Å². The third-order valence-corrected chi connectivity index (χ3v) is 4.22. The highest BCUT2D eigenvalue weighted by molar-refractivity contribution is 6.01. The summed E-state index contributed by atoms with van der Waals surface area (Å²) in [6, 6.07) is 13.3. The predicted molar refractivity (Wildman–Crippen MR) is 95.2 cm³/mol. The second kappa shape index (κ2) is 6.93. The first-order valence-electron chi connectivity index (χ1n) is 8.11. The van der Waals surface area contributed by atoms with E-state index in [9.17, 15) is 14.0 Å².